The summed E-state index contributed by atoms with van der Waals surface area (Å²) in [6.07, 6.45) is 5.84. The minimum atomic E-state index is 0.660. The molecule has 0 saturated carbocycles. The first-order valence-electron chi connectivity index (χ1n) is 6.72. The largest absolute Gasteiger partial charge is 0.493 e. The third kappa shape index (κ3) is 4.41. The fourth-order valence-electron chi connectivity index (χ4n) is 1.97. The molecule has 0 aliphatic heterocycles. The van der Waals surface area contributed by atoms with Gasteiger partial charge in [0.05, 0.1) is 6.61 Å². The van der Waals surface area contributed by atoms with Crippen molar-refractivity contribution in [2.45, 2.75) is 19.4 Å². The molecule has 0 amide bonds. The van der Waals surface area contributed by atoms with E-state index in [1.54, 1.807) is 0 Å². The Labute approximate surface area is 114 Å². The van der Waals surface area contributed by atoms with E-state index in [0.717, 1.165) is 37.5 Å². The van der Waals surface area contributed by atoms with Crippen molar-refractivity contribution in [2.75, 3.05) is 20.2 Å². The molecule has 19 heavy (non-hydrogen) atoms. The smallest absolute Gasteiger partial charge is 0.119 e. The van der Waals surface area contributed by atoms with E-state index in [4.69, 9.17) is 4.74 Å². The van der Waals surface area contributed by atoms with Crippen molar-refractivity contribution < 1.29 is 4.74 Å². The number of imidazole rings is 1. The summed E-state index contributed by atoms with van der Waals surface area (Å²) in [4.78, 5) is 4.39. The minimum absolute atomic E-state index is 0.660. The second-order valence-electron chi connectivity index (χ2n) is 4.41. The number of benzene rings is 1. The van der Waals surface area contributed by atoms with Crippen LogP contribution in [0.1, 0.15) is 12.2 Å². The van der Waals surface area contributed by atoms with Gasteiger partial charge in [-0.15, -0.1) is 0 Å². The van der Waals surface area contributed by atoms with Crippen LogP contribution in [0.15, 0.2) is 42.7 Å². The van der Waals surface area contributed by atoms with Gasteiger partial charge in [-0.2, -0.15) is 0 Å². The van der Waals surface area contributed by atoms with Crippen molar-refractivity contribution in [3.8, 4) is 5.75 Å². The summed E-state index contributed by atoms with van der Waals surface area (Å²) in [5, 5.41) is 3.16. The lowest BCUT2D eigenvalue weighted by Crippen LogP contribution is -2.13. The SMILES string of the molecule is CNCCCn1ccnc1CCOc1ccccc1. The molecule has 0 saturated heterocycles. The zero-order valence-corrected chi connectivity index (χ0v) is 11.4. The predicted molar refractivity (Wildman–Crippen MR) is 76.4 cm³/mol. The summed E-state index contributed by atoms with van der Waals surface area (Å²) < 4.78 is 7.89. The molecular weight excluding hydrogens is 238 g/mol. The normalized spacial score (nSPS) is 10.6. The maximum atomic E-state index is 5.69. The van der Waals surface area contributed by atoms with Crippen LogP contribution in [0.5, 0.6) is 5.75 Å². The minimum Gasteiger partial charge on any atom is -0.493 e. The molecule has 2 rings (SSSR count). The first kappa shape index (κ1) is 13.6. The van der Waals surface area contributed by atoms with Gasteiger partial charge in [-0.3, -0.25) is 0 Å². The maximum absolute atomic E-state index is 5.69. The number of nitrogens with zero attached hydrogens (tertiary/aromatic N) is 2. The lowest BCUT2D eigenvalue weighted by Gasteiger charge is -2.09. The van der Waals surface area contributed by atoms with E-state index in [0.29, 0.717) is 6.61 Å². The predicted octanol–water partition coefficient (Wildman–Crippen LogP) is 2.11. The van der Waals surface area contributed by atoms with Crippen molar-refractivity contribution in [3.05, 3.63) is 48.5 Å². The van der Waals surface area contributed by atoms with Crippen molar-refractivity contribution in [2.24, 2.45) is 0 Å². The lowest BCUT2D eigenvalue weighted by atomic mass is 10.3. The van der Waals surface area contributed by atoms with Gasteiger partial charge < -0.3 is 14.6 Å². The molecule has 4 heteroatoms. The van der Waals surface area contributed by atoms with E-state index in [2.05, 4.69) is 14.9 Å². The fraction of sp³-hybridized carbons (Fsp3) is 0.400. The molecule has 0 spiro atoms. The van der Waals surface area contributed by atoms with Crippen LogP contribution < -0.4 is 10.1 Å². The average molecular weight is 259 g/mol. The van der Waals surface area contributed by atoms with Gasteiger partial charge in [0.1, 0.15) is 11.6 Å². The highest BCUT2D eigenvalue weighted by Gasteiger charge is 2.02. The van der Waals surface area contributed by atoms with E-state index >= 15 is 0 Å². The van der Waals surface area contributed by atoms with Crippen LogP contribution in [-0.4, -0.2) is 29.8 Å². The fourth-order valence-corrected chi connectivity index (χ4v) is 1.97. The van der Waals surface area contributed by atoms with Gasteiger partial charge in [-0.25, -0.2) is 4.98 Å². The highest BCUT2D eigenvalue weighted by molar-refractivity contribution is 5.20. The highest BCUT2D eigenvalue weighted by Crippen LogP contribution is 2.09. The molecule has 0 bridgehead atoms. The second kappa shape index (κ2) is 7.59. The molecule has 0 unspecified atom stereocenters. The molecule has 0 aliphatic carbocycles. The second-order valence-corrected chi connectivity index (χ2v) is 4.41. The molecule has 102 valence electrons. The van der Waals surface area contributed by atoms with Gasteiger partial charge in [0.25, 0.3) is 0 Å². The van der Waals surface area contributed by atoms with Crippen LogP contribution in [0, 0.1) is 0 Å². The van der Waals surface area contributed by atoms with Crippen molar-refractivity contribution in [1.82, 2.24) is 14.9 Å². The van der Waals surface area contributed by atoms with E-state index in [-0.39, 0.29) is 0 Å². The van der Waals surface area contributed by atoms with Crippen molar-refractivity contribution >= 4 is 0 Å². The molecular formula is C15H21N3O. The monoisotopic (exact) mass is 259 g/mol. The summed E-state index contributed by atoms with van der Waals surface area (Å²) in [6.45, 7) is 2.69. The average Bonchev–Trinajstić information content (AvgIpc) is 2.88. The van der Waals surface area contributed by atoms with Crippen LogP contribution >= 0.6 is 0 Å². The Bertz CT molecular complexity index is 467. The summed E-state index contributed by atoms with van der Waals surface area (Å²) in [6, 6.07) is 9.89. The Morgan fingerprint density at radius 2 is 2.11 bits per heavy atom. The van der Waals surface area contributed by atoms with E-state index in [1.165, 1.54) is 0 Å². The number of aromatic nitrogens is 2. The standard InChI is InChI=1S/C15H21N3O/c1-16-9-5-11-18-12-10-17-15(18)8-13-19-14-6-3-2-4-7-14/h2-4,6-7,10,12,16H,5,8-9,11,13H2,1H3. The molecule has 1 aromatic heterocycles. The summed E-state index contributed by atoms with van der Waals surface area (Å²) in [5.74, 6) is 2.00. The molecule has 4 nitrogen and oxygen atoms in total. The summed E-state index contributed by atoms with van der Waals surface area (Å²) in [7, 11) is 1.97. The van der Waals surface area contributed by atoms with Crippen molar-refractivity contribution in [1.29, 1.82) is 0 Å². The molecule has 2 aromatic rings. The zero-order valence-electron chi connectivity index (χ0n) is 11.4. The van der Waals surface area contributed by atoms with Gasteiger partial charge in [-0.1, -0.05) is 18.2 Å². The summed E-state index contributed by atoms with van der Waals surface area (Å²) in [5.41, 5.74) is 0. The van der Waals surface area contributed by atoms with E-state index < -0.39 is 0 Å². The number of aryl methyl sites for hydroxylation is 1. The lowest BCUT2D eigenvalue weighted by molar-refractivity contribution is 0.316. The van der Waals surface area contributed by atoms with Gasteiger partial charge >= 0.3 is 0 Å². The Kier molecular flexibility index (Phi) is 5.44. The van der Waals surface area contributed by atoms with Crippen LogP contribution in [0.2, 0.25) is 0 Å². The molecule has 0 aliphatic rings. The van der Waals surface area contributed by atoms with E-state index in [1.807, 2.05) is 49.8 Å². The third-order valence-corrected chi connectivity index (χ3v) is 2.97. The van der Waals surface area contributed by atoms with Crippen LogP contribution in [0.25, 0.3) is 0 Å². The topological polar surface area (TPSA) is 39.1 Å². The zero-order chi connectivity index (χ0) is 13.3. The Hall–Kier alpha value is -1.81. The number of para-hydroxylation sites is 1. The molecule has 1 N–H and O–H groups in total. The number of hydrogen-bond donors (Lipinski definition) is 1. The van der Waals surface area contributed by atoms with Crippen LogP contribution in [-0.2, 0) is 13.0 Å². The van der Waals surface area contributed by atoms with Crippen LogP contribution in [0.4, 0.5) is 0 Å². The third-order valence-electron chi connectivity index (χ3n) is 2.97. The molecule has 1 heterocycles. The quantitative estimate of drug-likeness (QED) is 0.738. The van der Waals surface area contributed by atoms with Crippen LogP contribution in [0.3, 0.4) is 0 Å². The first-order valence-corrected chi connectivity index (χ1v) is 6.72. The molecule has 0 fully saturated rings. The first-order chi connectivity index (χ1) is 9.40. The summed E-state index contributed by atoms with van der Waals surface area (Å²) >= 11 is 0. The maximum Gasteiger partial charge on any atom is 0.119 e. The Balaban J connectivity index is 1.78. The van der Waals surface area contributed by atoms with Gasteiger partial charge in [0, 0.05) is 25.4 Å². The van der Waals surface area contributed by atoms with Gasteiger partial charge in [0.2, 0.25) is 0 Å². The molecule has 0 atom stereocenters. The number of rotatable bonds is 8. The Morgan fingerprint density at radius 1 is 1.26 bits per heavy atom. The van der Waals surface area contributed by atoms with Crippen molar-refractivity contribution in [3.63, 3.8) is 0 Å². The number of nitrogens with one attached hydrogen (secondary N) is 1. The molecule has 1 aromatic carbocycles. The highest BCUT2D eigenvalue weighted by atomic mass is 16.5. The van der Waals surface area contributed by atoms with Gasteiger partial charge in [-0.05, 0) is 32.1 Å². The Morgan fingerprint density at radius 3 is 2.89 bits per heavy atom. The van der Waals surface area contributed by atoms with E-state index in [9.17, 15) is 0 Å². The number of ether oxygens (including phenoxy) is 1. The van der Waals surface area contributed by atoms with Gasteiger partial charge in [0.15, 0.2) is 0 Å². The molecule has 0 radical (unpaired) electrons. The number of hydrogen-bond acceptors (Lipinski definition) is 3.